The molecule has 0 radical (unpaired) electrons. The van der Waals surface area contributed by atoms with Gasteiger partial charge in [0.2, 0.25) is 17.8 Å². The molecule has 21 rings (SSSR count). The summed E-state index contributed by atoms with van der Waals surface area (Å²) >= 11 is -2.25. The zero-order valence-electron chi connectivity index (χ0n) is 73.5. The summed E-state index contributed by atoms with van der Waals surface area (Å²) in [6, 6.07) is 43.8. The van der Waals surface area contributed by atoms with Gasteiger partial charge in [0.25, 0.3) is 0 Å². The molecule has 12 aromatic heterocycles. The Hall–Kier alpha value is -12.9. The van der Waals surface area contributed by atoms with Gasteiger partial charge in [-0.2, -0.15) is 25.3 Å². The molecule has 4 saturated carbocycles. The van der Waals surface area contributed by atoms with E-state index in [-0.39, 0.29) is 36.3 Å². The van der Waals surface area contributed by atoms with Gasteiger partial charge in [-0.25, -0.2) is 58.0 Å². The van der Waals surface area contributed by atoms with Gasteiger partial charge < -0.3 is 43.2 Å². The normalized spacial score (nSPS) is 17.6. The van der Waals surface area contributed by atoms with Gasteiger partial charge in [0.1, 0.15) is 52.7 Å². The summed E-state index contributed by atoms with van der Waals surface area (Å²) in [4.78, 5) is 60.6. The van der Waals surface area contributed by atoms with Crippen molar-refractivity contribution in [1.82, 2.24) is 83.8 Å². The minimum atomic E-state index is -0.750. The molecule has 2 saturated heterocycles. The van der Waals surface area contributed by atoms with Gasteiger partial charge in [-0.05, 0) is 222 Å². The van der Waals surface area contributed by atoms with E-state index in [0.29, 0.717) is 62.5 Å². The number of halogens is 4. The highest BCUT2D eigenvalue weighted by atomic mass is 35.5. The van der Waals surface area contributed by atoms with E-state index in [9.17, 15) is 18.0 Å². The molecule has 3 N–H and O–H groups in total. The van der Waals surface area contributed by atoms with Crippen LogP contribution >= 0.6 is 12.4 Å². The lowest BCUT2D eigenvalue weighted by Gasteiger charge is -2.41. The fourth-order valence-corrected chi connectivity index (χ4v) is 17.9. The molecule has 15 aromatic rings. The minimum Gasteiger partial charge on any atom is -0.361 e. The Kier molecular flexibility index (Phi) is 30.8. The van der Waals surface area contributed by atoms with E-state index >= 15 is 0 Å². The number of pyridine rings is 3. The Morgan fingerprint density at radius 1 is 0.374 bits per heavy atom. The molecule has 0 bridgehead atoms. The van der Waals surface area contributed by atoms with Crippen molar-refractivity contribution in [3.8, 4) is 84.6 Å². The lowest BCUT2D eigenvalue weighted by Crippen LogP contribution is -2.57. The SMILES string of the molecule is Cc1cnc(N[C@H]2CCCC2=O)nc1-c1cn(-c2ccccc2)c2nc(-c3c(C)noc3C)ccc12.Cc1cnc(N[C@H]2CCC[C@@H]2N2CC(F)C2)nc1-c1cn(-c2ccccc2)c2nc(-c3c(C)noc3C)ccc12.Cc1cnc(N[C@H]2CCC[C@H]2N2CC(F)C2)nc1-c1cn(-c2ccccc2)c2nc(-c3c(C)noc3C)ccc12.Cl.FC1CCC1.O=S=O.O=S=O.O=S=O. The Bertz CT molecular complexity index is 6330. The summed E-state index contributed by atoms with van der Waals surface area (Å²) in [6.45, 7) is 19.7. The molecule has 3 aromatic carbocycles. The Morgan fingerprint density at radius 3 is 0.947 bits per heavy atom. The zero-order valence-corrected chi connectivity index (χ0v) is 76.7. The number of benzene rings is 3. The second-order valence-corrected chi connectivity index (χ2v) is 33.5. The largest absolute Gasteiger partial charge is 0.361 e. The second-order valence-electron chi connectivity index (χ2n) is 33.1. The minimum absolute atomic E-state index is 0. The molecule has 0 spiro atoms. The maximum atomic E-state index is 13.6. The van der Waals surface area contributed by atoms with Gasteiger partial charge >= 0.3 is 34.7 Å². The van der Waals surface area contributed by atoms with Crippen molar-refractivity contribution in [2.75, 3.05) is 42.1 Å². The highest BCUT2D eigenvalue weighted by Gasteiger charge is 2.41. The number of aromatic nitrogens is 15. The average Bonchev–Trinajstić information content (AvgIpc) is 1.61. The van der Waals surface area contributed by atoms with Crippen molar-refractivity contribution in [3.05, 3.63) is 216 Å². The number of para-hydroxylation sites is 3. The van der Waals surface area contributed by atoms with E-state index < -0.39 is 53.2 Å². The Balaban J connectivity index is 0.000000147. The lowest BCUT2D eigenvalue weighted by molar-refractivity contribution is -0.118. The van der Waals surface area contributed by atoms with Crippen LogP contribution in [0, 0.1) is 62.3 Å². The Labute approximate surface area is 770 Å². The summed E-state index contributed by atoms with van der Waals surface area (Å²) in [5, 5.41) is 25.8. The molecule has 37 heteroatoms. The number of aryl methyl sites for hydroxylation is 9. The number of carbonyl (C=O) groups is 1. The topological polar surface area (TPSA) is 371 Å². The fourth-order valence-electron chi connectivity index (χ4n) is 17.9. The number of likely N-dealkylation sites (tertiary alicyclic amines) is 2. The van der Waals surface area contributed by atoms with Gasteiger partial charge in [-0.15, -0.1) is 12.4 Å². The molecule has 4 aliphatic carbocycles. The number of nitrogens with zero attached hydrogens (tertiary/aromatic N) is 17. The van der Waals surface area contributed by atoms with E-state index in [1.807, 2.05) is 148 Å². The van der Waals surface area contributed by atoms with Gasteiger partial charge in [0, 0.05) is 144 Å². The summed E-state index contributed by atoms with van der Waals surface area (Å²) in [5.74, 6) is 4.13. The smallest absolute Gasteiger partial charge is 0.335 e. The zero-order chi connectivity index (χ0) is 91.4. The van der Waals surface area contributed by atoms with Gasteiger partial charge in [-0.1, -0.05) is 70.1 Å². The third kappa shape index (κ3) is 21.0. The first-order valence-corrected chi connectivity index (χ1v) is 45.1. The molecule has 680 valence electrons. The third-order valence-electron chi connectivity index (χ3n) is 24.5. The van der Waals surface area contributed by atoms with Crippen LogP contribution in [0.4, 0.5) is 31.0 Å². The van der Waals surface area contributed by atoms with E-state index in [1.54, 1.807) is 6.20 Å². The fraction of sp³-hybridized carbons (Fsp3) is 0.351. The predicted octanol–water partition coefficient (Wildman–Crippen LogP) is 17.6. The molecule has 14 heterocycles. The highest BCUT2D eigenvalue weighted by molar-refractivity contribution is 7.52. The highest BCUT2D eigenvalue weighted by Crippen LogP contribution is 2.42. The molecule has 5 atom stereocenters. The molecule has 6 fully saturated rings. The lowest BCUT2D eigenvalue weighted by atomic mass is 9.98. The monoisotopic (exact) mass is 1850 g/mol. The van der Waals surface area contributed by atoms with Crippen LogP contribution in [0.15, 0.2) is 178 Å². The van der Waals surface area contributed by atoms with E-state index in [2.05, 4.69) is 143 Å². The van der Waals surface area contributed by atoms with Crippen LogP contribution in [0.3, 0.4) is 0 Å². The van der Waals surface area contributed by atoms with Crippen molar-refractivity contribution in [2.45, 2.75) is 188 Å². The number of hydrogen-bond donors (Lipinski definition) is 3. The maximum Gasteiger partial charge on any atom is 0.335 e. The van der Waals surface area contributed by atoms with Crippen molar-refractivity contribution >= 4 is 104 Å². The number of ketones is 1. The number of hydrogen-bond acceptors (Lipinski definition) is 27. The first kappa shape index (κ1) is 94.3. The quantitative estimate of drug-likeness (QED) is 0.0762. The van der Waals surface area contributed by atoms with Crippen molar-refractivity contribution < 1.29 is 56.8 Å². The summed E-state index contributed by atoms with van der Waals surface area (Å²) in [6.07, 6.45) is 21.6. The predicted molar refractivity (Wildman–Crippen MR) is 497 cm³/mol. The van der Waals surface area contributed by atoms with Crippen molar-refractivity contribution in [1.29, 1.82) is 0 Å². The standard InChI is InChI=1S/2C31H32FN7O.C28H26N6O2.C4H7F.ClH.3O2S/c2*1-18-14-33-31(35-25-10-7-11-27(25)38-15-21(32)16-38)36-29(18)24-17-39(22-8-5-4-6-9-22)30-23(24)12-13-26(34-30)28-19(2)37-40-20(28)3;1-16-14-29-28(31-22-10-7-11-24(22)35)32-26(16)21-15-34(19-8-5-4-6-9-19)27-20(21)12-13-23(30-27)25-17(2)33-36-18(25)3;5-4-2-1-3-4;;3*1-3-2/h2*4-6,8-9,12-14,17,21,25,27H,7,10-11,15-16H2,1-3H3,(H,33,35,36);4-6,8-9,12-15,22H,7,10-11H2,1-3H3,(H,29,31,32);4H,1-3H2;1H;;;/t25-,27+;25-,27-;22-;;;;;/m000...../s1. The average molecular weight is 1860 g/mol. The van der Waals surface area contributed by atoms with Gasteiger partial charge in [0.15, 0.2) is 5.78 Å². The molecule has 0 amide bonds. The van der Waals surface area contributed by atoms with Gasteiger partial charge in [-0.3, -0.25) is 14.6 Å². The van der Waals surface area contributed by atoms with E-state index in [4.69, 9.17) is 68.7 Å². The van der Waals surface area contributed by atoms with Crippen LogP contribution in [-0.2, 0) is 39.5 Å². The van der Waals surface area contributed by atoms with Crippen LogP contribution in [0.1, 0.15) is 128 Å². The Morgan fingerprint density at radius 2 is 0.679 bits per heavy atom. The van der Waals surface area contributed by atoms with Crippen LogP contribution in [0.5, 0.6) is 0 Å². The first-order chi connectivity index (χ1) is 63.0. The maximum absolute atomic E-state index is 13.6. The third-order valence-corrected chi connectivity index (χ3v) is 24.5. The van der Waals surface area contributed by atoms with E-state index in [0.717, 1.165) is 239 Å². The van der Waals surface area contributed by atoms with E-state index in [1.165, 1.54) is 0 Å². The summed E-state index contributed by atoms with van der Waals surface area (Å²) in [7, 11) is 0. The van der Waals surface area contributed by atoms with Crippen LogP contribution in [-0.4, -0.2) is 190 Å². The molecule has 131 heavy (non-hydrogen) atoms. The molecular weight excluding hydrogens is 1760 g/mol. The summed E-state index contributed by atoms with van der Waals surface area (Å²) < 4.78 is 111. The van der Waals surface area contributed by atoms with Crippen LogP contribution < -0.4 is 16.0 Å². The van der Waals surface area contributed by atoms with Crippen LogP contribution in [0.2, 0.25) is 0 Å². The number of rotatable bonds is 17. The number of carbonyl (C=O) groups excluding carboxylic acids is 1. The van der Waals surface area contributed by atoms with Crippen molar-refractivity contribution in [3.63, 3.8) is 0 Å². The van der Waals surface area contributed by atoms with Gasteiger partial charge in [0.05, 0.1) is 74.0 Å². The second kappa shape index (κ2) is 42.8. The number of fused-ring (bicyclic) bond motifs is 3. The summed E-state index contributed by atoms with van der Waals surface area (Å²) in [5.41, 5.74) is 21.5. The van der Waals surface area contributed by atoms with Crippen molar-refractivity contribution in [2.24, 2.45) is 0 Å². The number of nitrogens with one attached hydrogen (secondary N) is 3. The molecule has 30 nitrogen and oxygen atoms in total. The molecule has 2 aliphatic heterocycles. The molecule has 6 aliphatic rings. The number of anilines is 3. The van der Waals surface area contributed by atoms with Crippen LogP contribution in [0.25, 0.3) is 118 Å². The number of alkyl halides is 3. The first-order valence-electron chi connectivity index (χ1n) is 43.1. The number of Topliss-reactive ketones (excluding diaryl/α,β-unsaturated/α-hetero) is 1. The molecular formula is C94H98ClF3N20O10S3. The molecule has 0 unspecified atom stereocenters.